The molecule has 1 aromatic carbocycles. The van der Waals surface area contributed by atoms with E-state index >= 15 is 0 Å². The van der Waals surface area contributed by atoms with Crippen LogP contribution in [0.5, 0.6) is 5.75 Å². The number of aromatic nitrogens is 2. The molecule has 9 heteroatoms. The molecule has 1 atom stereocenters. The van der Waals surface area contributed by atoms with Crippen molar-refractivity contribution in [3.05, 3.63) is 53.8 Å². The monoisotopic (exact) mass is 370 g/mol. The quantitative estimate of drug-likeness (QED) is 0.555. The molecule has 2 heterocycles. The number of nitrogens with zero attached hydrogens (tertiary/aromatic N) is 2. The van der Waals surface area contributed by atoms with Gasteiger partial charge in [0.05, 0.1) is 17.9 Å². The molecule has 0 spiro atoms. The first-order valence-electron chi connectivity index (χ1n) is 8.11. The number of ether oxygens (including phenoxy) is 1. The maximum absolute atomic E-state index is 12.6. The highest BCUT2D eigenvalue weighted by Gasteiger charge is 2.23. The number of carbonyl (C=O) groups is 2. The van der Waals surface area contributed by atoms with Gasteiger partial charge in [-0.05, 0) is 31.2 Å². The predicted molar refractivity (Wildman–Crippen MR) is 94.8 cm³/mol. The molecule has 0 bridgehead atoms. The van der Waals surface area contributed by atoms with E-state index < -0.39 is 24.5 Å². The van der Waals surface area contributed by atoms with Crippen LogP contribution in [0.3, 0.4) is 0 Å². The molecule has 0 saturated heterocycles. The third-order valence-corrected chi connectivity index (χ3v) is 3.92. The van der Waals surface area contributed by atoms with Crippen LogP contribution in [0.1, 0.15) is 21.8 Å². The van der Waals surface area contributed by atoms with E-state index in [0.717, 1.165) is 0 Å². The molecule has 0 fully saturated rings. The van der Waals surface area contributed by atoms with Gasteiger partial charge in [0, 0.05) is 11.6 Å². The number of aryl methyl sites for hydroxylation is 1. The summed E-state index contributed by atoms with van der Waals surface area (Å²) in [6.45, 7) is 1.28. The molecule has 2 amide bonds. The lowest BCUT2D eigenvalue weighted by Gasteiger charge is -2.12. The first kappa shape index (κ1) is 18.3. The second kappa shape index (κ2) is 7.83. The van der Waals surface area contributed by atoms with E-state index in [1.165, 1.54) is 6.33 Å². The number of hydrogen-bond acceptors (Lipinski definition) is 7. The lowest BCUT2D eigenvalue weighted by atomic mass is 10.1. The summed E-state index contributed by atoms with van der Waals surface area (Å²) in [6.07, 6.45) is 3.05. The number of aliphatic hydroxyl groups is 1. The molecule has 0 radical (unpaired) electrons. The fourth-order valence-electron chi connectivity index (χ4n) is 2.57. The van der Waals surface area contributed by atoms with Crippen LogP contribution in [0.15, 0.2) is 41.2 Å². The molecule has 2 aromatic heterocycles. The van der Waals surface area contributed by atoms with Gasteiger partial charge in [-0.2, -0.15) is 0 Å². The minimum Gasteiger partial charge on any atom is -0.487 e. The Hall–Kier alpha value is -3.46. The standard InChI is InChI=1S/C18H18N4O5/c1-10-16(18(25)22-14(7-23)17(19)24)13-6-12(2-3-15(13)27-10)26-8-11-4-5-20-9-21-11/h2-6,9,14,23H,7-8H2,1H3,(H2,19,24)(H,22,25)/t14-/m0/s1. The lowest BCUT2D eigenvalue weighted by molar-refractivity contribution is -0.120. The van der Waals surface area contributed by atoms with Crippen molar-refractivity contribution in [2.45, 2.75) is 19.6 Å². The summed E-state index contributed by atoms with van der Waals surface area (Å²) < 4.78 is 11.3. The van der Waals surface area contributed by atoms with E-state index in [2.05, 4.69) is 15.3 Å². The zero-order chi connectivity index (χ0) is 19.4. The predicted octanol–water partition coefficient (Wildman–Crippen LogP) is 0.686. The summed E-state index contributed by atoms with van der Waals surface area (Å²) in [5.74, 6) is -0.511. The Morgan fingerprint density at radius 3 is 2.85 bits per heavy atom. The topological polar surface area (TPSA) is 141 Å². The lowest BCUT2D eigenvalue weighted by Crippen LogP contribution is -2.46. The Kier molecular flexibility index (Phi) is 5.32. The third-order valence-electron chi connectivity index (χ3n) is 3.92. The molecule has 0 unspecified atom stereocenters. The third kappa shape index (κ3) is 4.04. The maximum Gasteiger partial charge on any atom is 0.256 e. The van der Waals surface area contributed by atoms with E-state index in [0.29, 0.717) is 28.2 Å². The van der Waals surface area contributed by atoms with Crippen LogP contribution in [-0.2, 0) is 11.4 Å². The Bertz CT molecular complexity index is 971. The van der Waals surface area contributed by atoms with Crippen molar-refractivity contribution in [2.24, 2.45) is 5.73 Å². The number of amides is 2. The summed E-state index contributed by atoms with van der Waals surface area (Å²) in [4.78, 5) is 31.7. The average Bonchev–Trinajstić information content (AvgIpc) is 3.00. The highest BCUT2D eigenvalue weighted by atomic mass is 16.5. The van der Waals surface area contributed by atoms with Crippen LogP contribution in [-0.4, -0.2) is 39.5 Å². The van der Waals surface area contributed by atoms with E-state index in [9.17, 15) is 14.7 Å². The van der Waals surface area contributed by atoms with E-state index in [-0.39, 0.29) is 12.2 Å². The van der Waals surface area contributed by atoms with Crippen LogP contribution in [0.25, 0.3) is 11.0 Å². The van der Waals surface area contributed by atoms with Gasteiger partial charge in [-0.1, -0.05) is 0 Å². The summed E-state index contributed by atoms with van der Waals surface area (Å²) in [6, 6.07) is 5.62. The number of carbonyl (C=O) groups excluding carboxylic acids is 2. The minimum absolute atomic E-state index is 0.237. The van der Waals surface area contributed by atoms with Crippen molar-refractivity contribution in [2.75, 3.05) is 6.61 Å². The van der Waals surface area contributed by atoms with Gasteiger partial charge in [0.25, 0.3) is 5.91 Å². The number of aliphatic hydroxyl groups excluding tert-OH is 1. The molecule has 3 aromatic rings. The van der Waals surface area contributed by atoms with E-state index in [1.807, 2.05) is 0 Å². The Morgan fingerprint density at radius 1 is 1.37 bits per heavy atom. The van der Waals surface area contributed by atoms with Crippen molar-refractivity contribution in [1.82, 2.24) is 15.3 Å². The van der Waals surface area contributed by atoms with Gasteiger partial charge in [0.2, 0.25) is 5.91 Å². The van der Waals surface area contributed by atoms with Crippen molar-refractivity contribution < 1.29 is 23.8 Å². The van der Waals surface area contributed by atoms with Gasteiger partial charge < -0.3 is 25.3 Å². The summed E-state index contributed by atoms with van der Waals surface area (Å²) in [5.41, 5.74) is 6.60. The van der Waals surface area contributed by atoms with Crippen molar-refractivity contribution in [3.8, 4) is 5.75 Å². The summed E-state index contributed by atoms with van der Waals surface area (Å²) in [5, 5.41) is 12.1. The molecule has 3 rings (SSSR count). The maximum atomic E-state index is 12.6. The molecule has 140 valence electrons. The zero-order valence-electron chi connectivity index (χ0n) is 14.5. The molecule has 27 heavy (non-hydrogen) atoms. The van der Waals surface area contributed by atoms with Crippen LogP contribution < -0.4 is 15.8 Å². The van der Waals surface area contributed by atoms with Gasteiger partial charge in [0.15, 0.2) is 0 Å². The smallest absolute Gasteiger partial charge is 0.256 e. The Balaban J connectivity index is 1.86. The van der Waals surface area contributed by atoms with Crippen molar-refractivity contribution in [3.63, 3.8) is 0 Å². The van der Waals surface area contributed by atoms with E-state index in [1.54, 1.807) is 37.4 Å². The molecular weight excluding hydrogens is 352 g/mol. The van der Waals surface area contributed by atoms with Gasteiger partial charge in [-0.25, -0.2) is 9.97 Å². The summed E-state index contributed by atoms with van der Waals surface area (Å²) in [7, 11) is 0. The highest BCUT2D eigenvalue weighted by molar-refractivity contribution is 6.08. The first-order valence-corrected chi connectivity index (χ1v) is 8.11. The number of fused-ring (bicyclic) bond motifs is 1. The number of hydrogen-bond donors (Lipinski definition) is 3. The second-order valence-corrected chi connectivity index (χ2v) is 5.79. The largest absolute Gasteiger partial charge is 0.487 e. The van der Waals surface area contributed by atoms with Crippen LogP contribution in [0.2, 0.25) is 0 Å². The van der Waals surface area contributed by atoms with Crippen LogP contribution >= 0.6 is 0 Å². The van der Waals surface area contributed by atoms with Gasteiger partial charge in [-0.3, -0.25) is 9.59 Å². The number of rotatable bonds is 7. The molecule has 0 aliphatic heterocycles. The molecule has 9 nitrogen and oxygen atoms in total. The Labute approximate surface area is 154 Å². The van der Waals surface area contributed by atoms with Gasteiger partial charge in [-0.15, -0.1) is 0 Å². The second-order valence-electron chi connectivity index (χ2n) is 5.79. The normalized spacial score (nSPS) is 11.9. The fourth-order valence-corrected chi connectivity index (χ4v) is 2.57. The molecular formula is C18H18N4O5. The number of benzene rings is 1. The van der Waals surface area contributed by atoms with Crippen molar-refractivity contribution in [1.29, 1.82) is 0 Å². The van der Waals surface area contributed by atoms with E-state index in [4.69, 9.17) is 14.9 Å². The molecule has 0 saturated carbocycles. The van der Waals surface area contributed by atoms with Gasteiger partial charge >= 0.3 is 0 Å². The van der Waals surface area contributed by atoms with Crippen molar-refractivity contribution >= 4 is 22.8 Å². The average molecular weight is 370 g/mol. The number of nitrogens with one attached hydrogen (secondary N) is 1. The molecule has 4 N–H and O–H groups in total. The number of furan rings is 1. The fraction of sp³-hybridized carbons (Fsp3) is 0.222. The SMILES string of the molecule is Cc1oc2ccc(OCc3ccncn3)cc2c1C(=O)N[C@@H](CO)C(N)=O. The number of primary amides is 1. The zero-order valence-corrected chi connectivity index (χ0v) is 14.5. The number of nitrogens with two attached hydrogens (primary N) is 1. The minimum atomic E-state index is -1.18. The molecule has 0 aliphatic carbocycles. The Morgan fingerprint density at radius 2 is 2.19 bits per heavy atom. The van der Waals surface area contributed by atoms with Crippen LogP contribution in [0.4, 0.5) is 0 Å². The first-order chi connectivity index (χ1) is 13.0. The highest BCUT2D eigenvalue weighted by Crippen LogP contribution is 2.29. The molecule has 0 aliphatic rings. The summed E-state index contributed by atoms with van der Waals surface area (Å²) >= 11 is 0. The van der Waals surface area contributed by atoms with Gasteiger partial charge in [0.1, 0.15) is 36.1 Å². The van der Waals surface area contributed by atoms with Crippen LogP contribution in [0, 0.1) is 6.92 Å².